The van der Waals surface area contributed by atoms with Gasteiger partial charge in [-0.15, -0.1) is 0 Å². The van der Waals surface area contributed by atoms with Crippen LogP contribution < -0.4 is 10.1 Å². The number of aliphatic hydroxyl groups is 1. The van der Waals surface area contributed by atoms with Gasteiger partial charge in [-0.1, -0.05) is 6.07 Å². The molecule has 1 atom stereocenters. The molecule has 0 spiro atoms. The molecule has 0 radical (unpaired) electrons. The van der Waals surface area contributed by atoms with Crippen molar-refractivity contribution in [2.45, 2.75) is 33.4 Å². The standard InChI is InChI=1S/C13H21NO2/c1-9-5-10(2)12(13(6-9)16-4)7-14-11(3)8-15/h5-6,11,14-15H,7-8H2,1-4H3. The van der Waals surface area contributed by atoms with Crippen molar-refractivity contribution < 1.29 is 9.84 Å². The number of rotatable bonds is 5. The third kappa shape index (κ3) is 3.22. The first-order chi connectivity index (χ1) is 7.58. The lowest BCUT2D eigenvalue weighted by atomic mass is 10.0. The minimum Gasteiger partial charge on any atom is -0.496 e. The van der Waals surface area contributed by atoms with Crippen molar-refractivity contribution in [3.63, 3.8) is 0 Å². The Hall–Kier alpha value is -1.06. The molecule has 0 aliphatic rings. The van der Waals surface area contributed by atoms with Gasteiger partial charge in [-0.25, -0.2) is 0 Å². The summed E-state index contributed by atoms with van der Waals surface area (Å²) in [7, 11) is 1.69. The summed E-state index contributed by atoms with van der Waals surface area (Å²) in [5, 5.41) is 12.2. The Kier molecular flexibility index (Phi) is 4.77. The van der Waals surface area contributed by atoms with Crippen LogP contribution in [0, 0.1) is 13.8 Å². The predicted octanol–water partition coefficient (Wildman–Crippen LogP) is 1.78. The number of hydrogen-bond acceptors (Lipinski definition) is 3. The zero-order valence-corrected chi connectivity index (χ0v) is 10.5. The van der Waals surface area contributed by atoms with Crippen LogP contribution in [0.25, 0.3) is 0 Å². The van der Waals surface area contributed by atoms with E-state index in [9.17, 15) is 0 Å². The van der Waals surface area contributed by atoms with E-state index in [0.29, 0.717) is 0 Å². The minimum absolute atomic E-state index is 0.102. The topological polar surface area (TPSA) is 41.5 Å². The second-order valence-electron chi connectivity index (χ2n) is 4.23. The van der Waals surface area contributed by atoms with Crippen molar-refractivity contribution in [3.8, 4) is 5.75 Å². The average Bonchev–Trinajstić information content (AvgIpc) is 2.26. The van der Waals surface area contributed by atoms with Crippen LogP contribution in [0.3, 0.4) is 0 Å². The maximum Gasteiger partial charge on any atom is 0.123 e. The summed E-state index contributed by atoms with van der Waals surface area (Å²) in [5.74, 6) is 0.912. The summed E-state index contributed by atoms with van der Waals surface area (Å²) in [4.78, 5) is 0. The second-order valence-corrected chi connectivity index (χ2v) is 4.23. The van der Waals surface area contributed by atoms with Crippen molar-refractivity contribution in [1.82, 2.24) is 5.32 Å². The molecule has 0 fully saturated rings. The van der Waals surface area contributed by atoms with Gasteiger partial charge in [-0.05, 0) is 38.0 Å². The first-order valence-corrected chi connectivity index (χ1v) is 5.56. The van der Waals surface area contributed by atoms with E-state index in [-0.39, 0.29) is 12.6 Å². The Morgan fingerprint density at radius 3 is 2.62 bits per heavy atom. The summed E-state index contributed by atoms with van der Waals surface area (Å²) >= 11 is 0. The minimum atomic E-state index is 0.102. The van der Waals surface area contributed by atoms with E-state index >= 15 is 0 Å². The molecule has 0 amide bonds. The van der Waals surface area contributed by atoms with Gasteiger partial charge >= 0.3 is 0 Å². The molecule has 0 heterocycles. The van der Waals surface area contributed by atoms with Crippen LogP contribution in [0.1, 0.15) is 23.6 Å². The van der Waals surface area contributed by atoms with Crippen LogP contribution in [0.15, 0.2) is 12.1 Å². The molecule has 2 N–H and O–H groups in total. The van der Waals surface area contributed by atoms with Gasteiger partial charge in [-0.2, -0.15) is 0 Å². The monoisotopic (exact) mass is 223 g/mol. The molecule has 0 saturated carbocycles. The van der Waals surface area contributed by atoms with E-state index in [1.807, 2.05) is 13.0 Å². The zero-order valence-electron chi connectivity index (χ0n) is 10.5. The van der Waals surface area contributed by atoms with Gasteiger partial charge in [-0.3, -0.25) is 0 Å². The molecule has 90 valence electrons. The van der Waals surface area contributed by atoms with Gasteiger partial charge in [0, 0.05) is 18.2 Å². The van der Waals surface area contributed by atoms with Crippen molar-refractivity contribution in [3.05, 3.63) is 28.8 Å². The van der Waals surface area contributed by atoms with Crippen LogP contribution in [-0.4, -0.2) is 24.9 Å². The molecule has 1 rings (SSSR count). The molecule has 16 heavy (non-hydrogen) atoms. The fourth-order valence-electron chi connectivity index (χ4n) is 1.71. The Balaban J connectivity index is 2.85. The van der Waals surface area contributed by atoms with Crippen LogP contribution in [0.4, 0.5) is 0 Å². The number of ether oxygens (including phenoxy) is 1. The van der Waals surface area contributed by atoms with Gasteiger partial charge in [0.1, 0.15) is 5.75 Å². The molecule has 1 aromatic rings. The van der Waals surface area contributed by atoms with Gasteiger partial charge in [0.25, 0.3) is 0 Å². The summed E-state index contributed by atoms with van der Waals surface area (Å²) in [6, 6.07) is 4.28. The van der Waals surface area contributed by atoms with E-state index in [2.05, 4.69) is 25.2 Å². The summed E-state index contributed by atoms with van der Waals surface area (Å²) < 4.78 is 5.37. The molecule has 0 saturated heterocycles. The maximum absolute atomic E-state index is 8.96. The molecule has 3 heteroatoms. The highest BCUT2D eigenvalue weighted by molar-refractivity contribution is 5.42. The van der Waals surface area contributed by atoms with E-state index in [4.69, 9.17) is 9.84 Å². The number of hydrogen-bond donors (Lipinski definition) is 2. The van der Waals surface area contributed by atoms with Gasteiger partial charge in [0.15, 0.2) is 0 Å². The molecular weight excluding hydrogens is 202 g/mol. The lowest BCUT2D eigenvalue weighted by Gasteiger charge is -2.16. The SMILES string of the molecule is COc1cc(C)cc(C)c1CNC(C)CO. The summed E-state index contributed by atoms with van der Waals surface area (Å²) in [6.07, 6.45) is 0. The Morgan fingerprint density at radius 2 is 2.06 bits per heavy atom. The van der Waals surface area contributed by atoms with Gasteiger partial charge in [0.05, 0.1) is 13.7 Å². The maximum atomic E-state index is 8.96. The Morgan fingerprint density at radius 1 is 1.38 bits per heavy atom. The number of methoxy groups -OCH3 is 1. The molecule has 0 aliphatic heterocycles. The van der Waals surface area contributed by atoms with E-state index in [1.54, 1.807) is 7.11 Å². The Bertz CT molecular complexity index is 350. The Labute approximate surface area is 97.4 Å². The molecule has 0 aliphatic carbocycles. The fraction of sp³-hybridized carbons (Fsp3) is 0.538. The van der Waals surface area contributed by atoms with E-state index in [1.165, 1.54) is 11.1 Å². The first kappa shape index (κ1) is 13.0. The third-order valence-corrected chi connectivity index (χ3v) is 2.70. The number of nitrogens with one attached hydrogen (secondary N) is 1. The molecule has 3 nitrogen and oxygen atoms in total. The van der Waals surface area contributed by atoms with E-state index in [0.717, 1.165) is 17.9 Å². The highest BCUT2D eigenvalue weighted by Crippen LogP contribution is 2.23. The first-order valence-electron chi connectivity index (χ1n) is 5.56. The number of aliphatic hydroxyl groups excluding tert-OH is 1. The molecule has 0 aromatic heterocycles. The molecular formula is C13H21NO2. The van der Waals surface area contributed by atoms with Gasteiger partial charge in [0.2, 0.25) is 0 Å². The predicted molar refractivity (Wildman–Crippen MR) is 65.9 cm³/mol. The largest absolute Gasteiger partial charge is 0.496 e. The number of aryl methyl sites for hydroxylation is 2. The quantitative estimate of drug-likeness (QED) is 0.799. The second kappa shape index (κ2) is 5.87. The fourth-order valence-corrected chi connectivity index (χ4v) is 1.71. The molecule has 1 aromatic carbocycles. The number of benzene rings is 1. The highest BCUT2D eigenvalue weighted by atomic mass is 16.5. The average molecular weight is 223 g/mol. The van der Waals surface area contributed by atoms with Crippen LogP contribution in [0.5, 0.6) is 5.75 Å². The molecule has 1 unspecified atom stereocenters. The lowest BCUT2D eigenvalue weighted by Crippen LogP contribution is -2.29. The van der Waals surface area contributed by atoms with Crippen molar-refractivity contribution >= 4 is 0 Å². The zero-order chi connectivity index (χ0) is 12.1. The lowest BCUT2D eigenvalue weighted by molar-refractivity contribution is 0.250. The third-order valence-electron chi connectivity index (χ3n) is 2.70. The van der Waals surface area contributed by atoms with Crippen molar-refractivity contribution in [2.75, 3.05) is 13.7 Å². The van der Waals surface area contributed by atoms with Crippen LogP contribution in [-0.2, 0) is 6.54 Å². The van der Waals surface area contributed by atoms with Gasteiger partial charge < -0.3 is 15.2 Å². The molecule has 0 bridgehead atoms. The normalized spacial score (nSPS) is 12.6. The smallest absolute Gasteiger partial charge is 0.123 e. The van der Waals surface area contributed by atoms with Crippen molar-refractivity contribution in [2.24, 2.45) is 0 Å². The van der Waals surface area contributed by atoms with Crippen LogP contribution in [0.2, 0.25) is 0 Å². The summed E-state index contributed by atoms with van der Waals surface area (Å²) in [6.45, 7) is 6.96. The van der Waals surface area contributed by atoms with Crippen LogP contribution >= 0.6 is 0 Å². The van der Waals surface area contributed by atoms with E-state index < -0.39 is 0 Å². The highest BCUT2D eigenvalue weighted by Gasteiger charge is 2.08. The summed E-state index contributed by atoms with van der Waals surface area (Å²) in [5.41, 5.74) is 3.58. The van der Waals surface area contributed by atoms with Crippen molar-refractivity contribution in [1.29, 1.82) is 0 Å².